The number of benzene rings is 1. The number of hydrogen-bond donors (Lipinski definition) is 0. The summed E-state index contributed by atoms with van der Waals surface area (Å²) in [5, 5.41) is 9.20. The van der Waals surface area contributed by atoms with E-state index < -0.39 is 5.54 Å². The van der Waals surface area contributed by atoms with Crippen LogP contribution in [0, 0.1) is 11.3 Å². The van der Waals surface area contributed by atoms with E-state index >= 15 is 0 Å². The van der Waals surface area contributed by atoms with Gasteiger partial charge in [0, 0.05) is 24.9 Å². The van der Waals surface area contributed by atoms with Crippen LogP contribution >= 0.6 is 0 Å². The lowest BCUT2D eigenvalue weighted by Crippen LogP contribution is -2.39. The first-order chi connectivity index (χ1) is 8.91. The molecule has 0 fully saturated rings. The molecule has 0 radical (unpaired) electrons. The van der Waals surface area contributed by atoms with E-state index in [1.165, 1.54) is 0 Å². The Morgan fingerprint density at radius 1 is 1.05 bits per heavy atom. The molecule has 1 aromatic carbocycles. The van der Waals surface area contributed by atoms with E-state index in [-0.39, 0.29) is 0 Å². The zero-order valence-electron chi connectivity index (χ0n) is 12.3. The number of hydrogen-bond acceptors (Lipinski definition) is 5. The topological polar surface area (TPSA) is 54.7 Å². The molecule has 19 heavy (non-hydrogen) atoms. The predicted octanol–water partition coefficient (Wildman–Crippen LogP) is 2.45. The molecule has 0 aliphatic heterocycles. The van der Waals surface area contributed by atoms with Crippen LogP contribution in [0.15, 0.2) is 12.1 Å². The fourth-order valence-corrected chi connectivity index (χ4v) is 1.66. The third-order valence-corrected chi connectivity index (χ3v) is 3.15. The highest BCUT2D eigenvalue weighted by Gasteiger charge is 2.25. The van der Waals surface area contributed by atoms with Crippen molar-refractivity contribution >= 4 is 5.69 Å². The molecule has 1 rings (SSSR count). The van der Waals surface area contributed by atoms with Gasteiger partial charge in [0.15, 0.2) is 11.5 Å². The van der Waals surface area contributed by atoms with Crippen LogP contribution in [0.2, 0.25) is 0 Å². The maximum Gasteiger partial charge on any atom is 0.203 e. The summed E-state index contributed by atoms with van der Waals surface area (Å²) in [5.41, 5.74) is 0.186. The van der Waals surface area contributed by atoms with Gasteiger partial charge in [-0.25, -0.2) is 0 Å². The SMILES string of the molecule is COc1cc(N(C)C(C)(C)C#N)cc(OC)c1OC. The molecule has 0 aliphatic rings. The Morgan fingerprint density at radius 3 is 1.84 bits per heavy atom. The van der Waals surface area contributed by atoms with E-state index in [2.05, 4.69) is 6.07 Å². The van der Waals surface area contributed by atoms with Crippen molar-refractivity contribution in [2.75, 3.05) is 33.3 Å². The minimum absolute atomic E-state index is 0.539. The molecule has 0 saturated carbocycles. The molecule has 0 saturated heterocycles. The van der Waals surface area contributed by atoms with Crippen molar-refractivity contribution in [2.45, 2.75) is 19.4 Å². The second-order valence-electron chi connectivity index (χ2n) is 4.61. The monoisotopic (exact) mass is 264 g/mol. The van der Waals surface area contributed by atoms with Crippen molar-refractivity contribution in [2.24, 2.45) is 0 Å². The summed E-state index contributed by atoms with van der Waals surface area (Å²) in [6.07, 6.45) is 0. The Kier molecular flexibility index (Phi) is 4.49. The Hall–Kier alpha value is -2.09. The molecule has 0 heterocycles. The highest BCUT2D eigenvalue weighted by atomic mass is 16.5. The second-order valence-corrected chi connectivity index (χ2v) is 4.61. The van der Waals surface area contributed by atoms with E-state index in [0.717, 1.165) is 5.69 Å². The number of nitriles is 1. The molecule has 0 bridgehead atoms. The summed E-state index contributed by atoms with van der Waals surface area (Å²) in [4.78, 5) is 1.86. The standard InChI is InChI=1S/C14H20N2O3/c1-14(2,9-15)16(3)10-7-11(17-4)13(19-6)12(8-10)18-5/h7-8H,1-6H3. The summed E-state index contributed by atoms with van der Waals surface area (Å²) < 4.78 is 15.9. The van der Waals surface area contributed by atoms with Crippen LogP contribution in [-0.4, -0.2) is 33.9 Å². The van der Waals surface area contributed by atoms with Gasteiger partial charge >= 0.3 is 0 Å². The third kappa shape index (κ3) is 2.84. The van der Waals surface area contributed by atoms with Gasteiger partial charge in [0.25, 0.3) is 0 Å². The molecule has 1 aromatic rings. The molecule has 0 aliphatic carbocycles. The summed E-state index contributed by atoms with van der Waals surface area (Å²) in [6, 6.07) is 5.90. The van der Waals surface area contributed by atoms with Crippen LogP contribution in [0.1, 0.15) is 13.8 Å². The maximum atomic E-state index is 9.20. The van der Waals surface area contributed by atoms with E-state index in [4.69, 9.17) is 14.2 Å². The first-order valence-electron chi connectivity index (χ1n) is 5.86. The molecule has 104 valence electrons. The fraction of sp³-hybridized carbons (Fsp3) is 0.500. The van der Waals surface area contributed by atoms with E-state index in [1.807, 2.05) is 37.9 Å². The minimum atomic E-state index is -0.634. The molecule has 0 atom stereocenters. The van der Waals surface area contributed by atoms with Crippen molar-refractivity contribution in [1.82, 2.24) is 0 Å². The smallest absolute Gasteiger partial charge is 0.203 e. The number of anilines is 1. The van der Waals surface area contributed by atoms with Gasteiger partial charge in [-0.1, -0.05) is 0 Å². The molecule has 5 nitrogen and oxygen atoms in total. The van der Waals surface area contributed by atoms with Crippen molar-refractivity contribution < 1.29 is 14.2 Å². The Balaban J connectivity index is 3.35. The van der Waals surface area contributed by atoms with Gasteiger partial charge in [-0.05, 0) is 13.8 Å². The number of nitrogens with zero attached hydrogens (tertiary/aromatic N) is 2. The van der Waals surface area contributed by atoms with Crippen molar-refractivity contribution in [3.63, 3.8) is 0 Å². The average Bonchev–Trinajstić information content (AvgIpc) is 2.44. The average molecular weight is 264 g/mol. The van der Waals surface area contributed by atoms with Crippen LogP contribution in [-0.2, 0) is 0 Å². The molecule has 0 aromatic heterocycles. The highest BCUT2D eigenvalue weighted by molar-refractivity contribution is 5.64. The van der Waals surface area contributed by atoms with Crippen LogP contribution in [0.25, 0.3) is 0 Å². The van der Waals surface area contributed by atoms with Crippen molar-refractivity contribution in [1.29, 1.82) is 5.26 Å². The number of methoxy groups -OCH3 is 3. The van der Waals surface area contributed by atoms with Gasteiger partial charge in [0.05, 0.1) is 27.4 Å². The summed E-state index contributed by atoms with van der Waals surface area (Å²) >= 11 is 0. The Morgan fingerprint density at radius 2 is 1.53 bits per heavy atom. The zero-order valence-corrected chi connectivity index (χ0v) is 12.3. The molecule has 5 heteroatoms. The normalized spacial score (nSPS) is 10.6. The molecule has 0 amide bonds. The molecule has 0 unspecified atom stereocenters. The van der Waals surface area contributed by atoms with Crippen molar-refractivity contribution in [3.05, 3.63) is 12.1 Å². The van der Waals surface area contributed by atoms with Gasteiger partial charge < -0.3 is 19.1 Å². The predicted molar refractivity (Wildman–Crippen MR) is 74.2 cm³/mol. The summed E-state index contributed by atoms with van der Waals surface area (Å²) in [6.45, 7) is 3.69. The molecular weight excluding hydrogens is 244 g/mol. The summed E-state index contributed by atoms with van der Waals surface area (Å²) in [5.74, 6) is 1.67. The van der Waals surface area contributed by atoms with Gasteiger partial charge in [-0.3, -0.25) is 0 Å². The van der Waals surface area contributed by atoms with Crippen LogP contribution in [0.4, 0.5) is 5.69 Å². The van der Waals surface area contributed by atoms with Gasteiger partial charge in [0.2, 0.25) is 5.75 Å². The van der Waals surface area contributed by atoms with E-state index in [1.54, 1.807) is 21.3 Å². The largest absolute Gasteiger partial charge is 0.493 e. The van der Waals surface area contributed by atoms with Gasteiger partial charge in [-0.15, -0.1) is 0 Å². The highest BCUT2D eigenvalue weighted by Crippen LogP contribution is 2.41. The van der Waals surface area contributed by atoms with E-state index in [9.17, 15) is 5.26 Å². The van der Waals surface area contributed by atoms with Crippen molar-refractivity contribution in [3.8, 4) is 23.3 Å². The maximum absolute atomic E-state index is 9.20. The lowest BCUT2D eigenvalue weighted by Gasteiger charge is -2.32. The van der Waals surface area contributed by atoms with Gasteiger partial charge in [-0.2, -0.15) is 5.26 Å². The Labute approximate surface area is 114 Å². The quantitative estimate of drug-likeness (QED) is 0.817. The molecule has 0 N–H and O–H groups in total. The lowest BCUT2D eigenvalue weighted by molar-refractivity contribution is 0.324. The van der Waals surface area contributed by atoms with Crippen LogP contribution < -0.4 is 19.1 Å². The van der Waals surface area contributed by atoms with Crippen LogP contribution in [0.3, 0.4) is 0 Å². The number of ether oxygens (including phenoxy) is 3. The first kappa shape index (κ1) is 15.0. The zero-order chi connectivity index (χ0) is 14.6. The second kappa shape index (κ2) is 5.70. The fourth-order valence-electron chi connectivity index (χ4n) is 1.66. The third-order valence-electron chi connectivity index (χ3n) is 3.15. The van der Waals surface area contributed by atoms with Crippen LogP contribution in [0.5, 0.6) is 17.2 Å². The van der Waals surface area contributed by atoms with Gasteiger partial charge in [0.1, 0.15) is 5.54 Å². The molecule has 0 spiro atoms. The first-order valence-corrected chi connectivity index (χ1v) is 5.86. The molecular formula is C14H20N2O3. The lowest BCUT2D eigenvalue weighted by atomic mass is 10.0. The van der Waals surface area contributed by atoms with E-state index in [0.29, 0.717) is 17.2 Å². The Bertz CT molecular complexity index is 467. The minimum Gasteiger partial charge on any atom is -0.493 e. The summed E-state index contributed by atoms with van der Waals surface area (Å²) in [7, 11) is 6.54. The number of rotatable bonds is 5.